The number of hydrogen-bond acceptors (Lipinski definition) is 4. The highest BCUT2D eigenvalue weighted by molar-refractivity contribution is 5.50. The lowest BCUT2D eigenvalue weighted by atomic mass is 9.97. The van der Waals surface area contributed by atoms with Crippen molar-refractivity contribution < 1.29 is 19.3 Å². The fraction of sp³-hybridized carbons (Fsp3) is 0.350. The number of carbonyl (C=O) groups is 1. The normalized spacial score (nSPS) is 12.8. The van der Waals surface area contributed by atoms with E-state index in [0.717, 1.165) is 30.3 Å². The molecule has 128 valence electrons. The highest BCUT2D eigenvalue weighted by Crippen LogP contribution is 2.35. The van der Waals surface area contributed by atoms with Crippen LogP contribution in [-0.2, 0) is 25.1 Å². The van der Waals surface area contributed by atoms with Crippen molar-refractivity contribution in [3.8, 4) is 0 Å². The highest BCUT2D eigenvalue weighted by atomic mass is 17.2. The summed E-state index contributed by atoms with van der Waals surface area (Å²) < 4.78 is 5.78. The van der Waals surface area contributed by atoms with E-state index in [1.54, 1.807) is 7.11 Å². The first kappa shape index (κ1) is 18.3. The monoisotopic (exact) mass is 328 g/mol. The van der Waals surface area contributed by atoms with E-state index in [9.17, 15) is 4.79 Å². The Morgan fingerprint density at radius 3 is 1.96 bits per heavy atom. The van der Waals surface area contributed by atoms with Gasteiger partial charge in [0, 0.05) is 24.7 Å². The van der Waals surface area contributed by atoms with Crippen molar-refractivity contribution in [1.82, 2.24) is 0 Å². The quantitative estimate of drug-likeness (QED) is 0.283. The van der Waals surface area contributed by atoms with E-state index in [4.69, 9.17) is 14.5 Å². The Kier molecular flexibility index (Phi) is 7.12. The van der Waals surface area contributed by atoms with Gasteiger partial charge in [0.2, 0.25) is 0 Å². The second-order valence-electron chi connectivity index (χ2n) is 5.55. The van der Waals surface area contributed by atoms with Crippen LogP contribution in [0.2, 0.25) is 0 Å². The van der Waals surface area contributed by atoms with Crippen LogP contribution in [0.3, 0.4) is 0 Å². The molecule has 0 bridgehead atoms. The molecule has 0 aliphatic rings. The lowest BCUT2D eigenvalue weighted by molar-refractivity contribution is -0.435. The van der Waals surface area contributed by atoms with Gasteiger partial charge in [-0.15, -0.1) is 0 Å². The molecule has 0 radical (unpaired) electrons. The average Bonchev–Trinajstić information content (AvgIpc) is 2.65. The zero-order valence-electron chi connectivity index (χ0n) is 14.2. The molecule has 2 aromatic carbocycles. The molecule has 4 nitrogen and oxygen atoms in total. The molecule has 0 aliphatic carbocycles. The minimum atomic E-state index is -1.18. The molecule has 0 aliphatic heterocycles. The van der Waals surface area contributed by atoms with Crippen molar-refractivity contribution in [3.63, 3.8) is 0 Å². The second-order valence-corrected chi connectivity index (χ2v) is 5.55. The van der Waals surface area contributed by atoms with Gasteiger partial charge in [0.05, 0.1) is 6.10 Å². The maximum absolute atomic E-state index is 10.9. The van der Waals surface area contributed by atoms with Crippen molar-refractivity contribution in [1.29, 1.82) is 0 Å². The number of carbonyl (C=O) groups excluding carboxylic acids is 1. The Bertz CT molecular complexity index is 558. The number of benzene rings is 2. The molecular weight excluding hydrogens is 304 g/mol. The van der Waals surface area contributed by atoms with Crippen molar-refractivity contribution >= 4 is 6.29 Å². The third kappa shape index (κ3) is 4.29. The van der Waals surface area contributed by atoms with Gasteiger partial charge in [-0.2, -0.15) is 4.89 Å². The van der Waals surface area contributed by atoms with Crippen molar-refractivity contribution in [2.75, 3.05) is 7.11 Å². The second kappa shape index (κ2) is 9.33. The van der Waals surface area contributed by atoms with Gasteiger partial charge in [-0.05, 0) is 6.42 Å². The van der Waals surface area contributed by atoms with E-state index in [0.29, 0.717) is 0 Å². The first-order chi connectivity index (χ1) is 11.8. The van der Waals surface area contributed by atoms with Crippen LogP contribution < -0.4 is 0 Å². The van der Waals surface area contributed by atoms with Gasteiger partial charge in [-0.3, -0.25) is 0 Å². The molecular formula is C20H24O4. The fourth-order valence-corrected chi connectivity index (χ4v) is 2.62. The largest absolute Gasteiger partial charge is 0.344 e. The topological polar surface area (TPSA) is 44.8 Å². The predicted molar refractivity (Wildman–Crippen MR) is 92.2 cm³/mol. The molecule has 1 unspecified atom stereocenters. The molecule has 0 amide bonds. The Balaban J connectivity index is 2.34. The predicted octanol–water partition coefficient (Wildman–Crippen LogP) is 4.24. The molecule has 2 rings (SSSR count). The summed E-state index contributed by atoms with van der Waals surface area (Å²) >= 11 is 0. The van der Waals surface area contributed by atoms with Gasteiger partial charge in [-0.1, -0.05) is 74.0 Å². The zero-order chi connectivity index (χ0) is 17.3. The van der Waals surface area contributed by atoms with Crippen molar-refractivity contribution in [2.45, 2.75) is 38.1 Å². The Hall–Kier alpha value is -2.01. The van der Waals surface area contributed by atoms with E-state index >= 15 is 0 Å². The summed E-state index contributed by atoms with van der Waals surface area (Å²) in [5.74, 6) is -1.18. The molecule has 4 heteroatoms. The number of rotatable bonds is 10. The van der Waals surface area contributed by atoms with Gasteiger partial charge >= 0.3 is 0 Å². The SMILES string of the molecule is CCCC(CC=O)OOC(OC)(c1ccccc1)c1ccccc1. The molecule has 0 heterocycles. The lowest BCUT2D eigenvalue weighted by Gasteiger charge is -2.33. The van der Waals surface area contributed by atoms with Crippen molar-refractivity contribution in [2.24, 2.45) is 0 Å². The fourth-order valence-electron chi connectivity index (χ4n) is 2.62. The Morgan fingerprint density at radius 1 is 1.00 bits per heavy atom. The van der Waals surface area contributed by atoms with Crippen LogP contribution in [0.25, 0.3) is 0 Å². The molecule has 0 saturated heterocycles. The van der Waals surface area contributed by atoms with Crippen LogP contribution in [0.4, 0.5) is 0 Å². The van der Waals surface area contributed by atoms with Crippen LogP contribution in [0.15, 0.2) is 60.7 Å². The molecule has 2 aromatic rings. The molecule has 0 fully saturated rings. The summed E-state index contributed by atoms with van der Waals surface area (Å²) in [7, 11) is 1.58. The average molecular weight is 328 g/mol. The minimum Gasteiger partial charge on any atom is -0.344 e. The van der Waals surface area contributed by atoms with Gasteiger partial charge in [0.25, 0.3) is 5.79 Å². The van der Waals surface area contributed by atoms with Gasteiger partial charge in [-0.25, -0.2) is 4.89 Å². The standard InChI is InChI=1S/C20H24O4/c1-3-10-19(15-16-21)23-24-20(22-2,17-11-6-4-7-12-17)18-13-8-5-9-14-18/h4-9,11-14,16,19H,3,10,15H2,1-2H3. The first-order valence-electron chi connectivity index (χ1n) is 8.21. The summed E-state index contributed by atoms with van der Waals surface area (Å²) in [6.45, 7) is 2.04. The Morgan fingerprint density at radius 2 is 1.54 bits per heavy atom. The van der Waals surface area contributed by atoms with Gasteiger partial charge in [0.1, 0.15) is 6.29 Å². The van der Waals surface area contributed by atoms with E-state index in [2.05, 4.69) is 0 Å². The number of ether oxygens (including phenoxy) is 1. The van der Waals surface area contributed by atoms with Crippen LogP contribution in [-0.4, -0.2) is 19.5 Å². The van der Waals surface area contributed by atoms with Gasteiger partial charge in [0.15, 0.2) is 0 Å². The van der Waals surface area contributed by atoms with E-state index in [1.165, 1.54) is 0 Å². The molecule has 1 atom stereocenters. The van der Waals surface area contributed by atoms with E-state index in [1.807, 2.05) is 67.6 Å². The number of hydrogen-bond donors (Lipinski definition) is 0. The zero-order valence-corrected chi connectivity index (χ0v) is 14.2. The third-order valence-corrected chi connectivity index (χ3v) is 3.87. The van der Waals surface area contributed by atoms with Gasteiger partial charge < -0.3 is 9.53 Å². The number of aldehydes is 1. The summed E-state index contributed by atoms with van der Waals surface area (Å²) in [6, 6.07) is 19.2. The molecule has 0 spiro atoms. The maximum Gasteiger partial charge on any atom is 0.253 e. The Labute approximate surface area is 143 Å². The molecule has 0 saturated carbocycles. The van der Waals surface area contributed by atoms with E-state index < -0.39 is 5.79 Å². The van der Waals surface area contributed by atoms with Crippen LogP contribution in [0.1, 0.15) is 37.3 Å². The summed E-state index contributed by atoms with van der Waals surface area (Å²) in [5, 5.41) is 0. The summed E-state index contributed by atoms with van der Waals surface area (Å²) in [6.07, 6.45) is 2.48. The molecule has 24 heavy (non-hydrogen) atoms. The lowest BCUT2D eigenvalue weighted by Crippen LogP contribution is -2.35. The highest BCUT2D eigenvalue weighted by Gasteiger charge is 2.38. The first-order valence-corrected chi connectivity index (χ1v) is 8.21. The summed E-state index contributed by atoms with van der Waals surface area (Å²) in [4.78, 5) is 22.3. The number of methoxy groups -OCH3 is 1. The minimum absolute atomic E-state index is 0.289. The van der Waals surface area contributed by atoms with Crippen LogP contribution in [0, 0.1) is 0 Å². The maximum atomic E-state index is 10.9. The van der Waals surface area contributed by atoms with Crippen molar-refractivity contribution in [3.05, 3.63) is 71.8 Å². The summed E-state index contributed by atoms with van der Waals surface area (Å²) in [5.41, 5.74) is 1.64. The molecule has 0 N–H and O–H groups in total. The van der Waals surface area contributed by atoms with Crippen LogP contribution in [0.5, 0.6) is 0 Å². The third-order valence-electron chi connectivity index (χ3n) is 3.87. The van der Waals surface area contributed by atoms with E-state index in [-0.39, 0.29) is 12.5 Å². The smallest absolute Gasteiger partial charge is 0.253 e. The van der Waals surface area contributed by atoms with Crippen LogP contribution >= 0.6 is 0 Å². The molecule has 0 aromatic heterocycles.